The van der Waals surface area contributed by atoms with Crippen LogP contribution < -0.4 is 4.90 Å². The van der Waals surface area contributed by atoms with Crippen molar-refractivity contribution in [2.75, 3.05) is 18.5 Å². The molecule has 1 aromatic heterocycles. The van der Waals surface area contributed by atoms with E-state index < -0.39 is 0 Å². The summed E-state index contributed by atoms with van der Waals surface area (Å²) in [4.78, 5) is 30.1. The number of para-hydroxylation sites is 1. The molecule has 4 rings (SSSR count). The van der Waals surface area contributed by atoms with Gasteiger partial charge in [-0.2, -0.15) is 0 Å². The minimum absolute atomic E-state index is 0.0362. The van der Waals surface area contributed by atoms with Gasteiger partial charge in [-0.3, -0.25) is 9.59 Å². The Morgan fingerprint density at radius 1 is 0.963 bits per heavy atom. The van der Waals surface area contributed by atoms with E-state index in [1.165, 1.54) is 22.5 Å². The van der Waals surface area contributed by atoms with Crippen molar-refractivity contribution in [2.24, 2.45) is 0 Å². The second-order valence-corrected chi connectivity index (χ2v) is 7.55. The molecule has 5 heteroatoms. The van der Waals surface area contributed by atoms with Crippen LogP contribution >= 0.6 is 11.3 Å². The molecule has 27 heavy (non-hydrogen) atoms. The number of rotatable bonds is 3. The van der Waals surface area contributed by atoms with E-state index in [2.05, 4.69) is 12.1 Å². The number of carbonyl (C=O) groups excluding carboxylic acids is 2. The molecular formula is C22H20N2O2S. The highest BCUT2D eigenvalue weighted by Crippen LogP contribution is 2.26. The number of hydrogen-bond donors (Lipinski definition) is 0. The molecule has 2 aromatic carbocycles. The molecule has 0 unspecified atom stereocenters. The molecule has 0 bridgehead atoms. The van der Waals surface area contributed by atoms with Crippen molar-refractivity contribution in [1.82, 2.24) is 4.90 Å². The summed E-state index contributed by atoms with van der Waals surface area (Å²) in [5.74, 6) is -0.139. The van der Waals surface area contributed by atoms with Gasteiger partial charge in [0.2, 0.25) is 0 Å². The Labute approximate surface area is 162 Å². The fraction of sp³-hybridized carbons (Fsp3) is 0.182. The Hall–Kier alpha value is -2.92. The Balaban J connectivity index is 1.61. The molecular weight excluding hydrogens is 356 g/mol. The number of anilines is 1. The zero-order chi connectivity index (χ0) is 18.8. The lowest BCUT2D eigenvalue weighted by molar-refractivity contribution is 0.0735. The third-order valence-electron chi connectivity index (χ3n) is 4.95. The third-order valence-corrected chi connectivity index (χ3v) is 5.81. The van der Waals surface area contributed by atoms with Crippen LogP contribution in [-0.2, 0) is 13.0 Å². The van der Waals surface area contributed by atoms with Gasteiger partial charge in [0.25, 0.3) is 11.8 Å². The first-order chi connectivity index (χ1) is 13.1. The highest BCUT2D eigenvalue weighted by molar-refractivity contribution is 7.12. The van der Waals surface area contributed by atoms with E-state index in [1.807, 2.05) is 46.7 Å². The van der Waals surface area contributed by atoms with Crippen molar-refractivity contribution in [1.29, 1.82) is 0 Å². The predicted octanol–water partition coefficient (Wildman–Crippen LogP) is 4.22. The van der Waals surface area contributed by atoms with E-state index in [0.717, 1.165) is 6.42 Å². The maximum absolute atomic E-state index is 13.2. The van der Waals surface area contributed by atoms with Crippen LogP contribution in [-0.4, -0.2) is 30.3 Å². The summed E-state index contributed by atoms with van der Waals surface area (Å²) >= 11 is 1.40. The molecule has 136 valence electrons. The third kappa shape index (κ3) is 3.38. The van der Waals surface area contributed by atoms with Crippen LogP contribution in [0.1, 0.15) is 31.2 Å². The molecule has 0 N–H and O–H groups in total. The van der Waals surface area contributed by atoms with Crippen LogP contribution in [0, 0.1) is 0 Å². The monoisotopic (exact) mass is 376 g/mol. The van der Waals surface area contributed by atoms with E-state index in [-0.39, 0.29) is 11.8 Å². The quantitative estimate of drug-likeness (QED) is 0.687. The number of thiophene rings is 1. The van der Waals surface area contributed by atoms with Gasteiger partial charge in [0.15, 0.2) is 0 Å². The highest BCUT2D eigenvalue weighted by atomic mass is 32.1. The van der Waals surface area contributed by atoms with Crippen LogP contribution in [0.15, 0.2) is 66.0 Å². The Bertz CT molecular complexity index is 981. The van der Waals surface area contributed by atoms with Gasteiger partial charge in [0, 0.05) is 20.1 Å². The minimum atomic E-state index is -0.103. The van der Waals surface area contributed by atoms with Gasteiger partial charge in [-0.1, -0.05) is 42.5 Å². The number of fused-ring (bicyclic) bond motifs is 1. The number of amides is 2. The molecule has 2 heterocycles. The number of benzene rings is 2. The topological polar surface area (TPSA) is 40.6 Å². The summed E-state index contributed by atoms with van der Waals surface area (Å²) in [6, 6.07) is 19.2. The predicted molar refractivity (Wildman–Crippen MR) is 108 cm³/mol. The Morgan fingerprint density at radius 3 is 2.48 bits per heavy atom. The second kappa shape index (κ2) is 7.37. The van der Waals surface area contributed by atoms with E-state index in [0.29, 0.717) is 29.2 Å². The SMILES string of the molecule is CN(C(=O)c1cccs1)c1ccccc1C(=O)N1CCc2ccccc2C1. The summed E-state index contributed by atoms with van der Waals surface area (Å²) in [5, 5.41) is 1.88. The zero-order valence-corrected chi connectivity index (χ0v) is 15.9. The van der Waals surface area contributed by atoms with Crippen molar-refractivity contribution >= 4 is 28.8 Å². The minimum Gasteiger partial charge on any atom is -0.334 e. The first kappa shape index (κ1) is 17.5. The molecule has 0 spiro atoms. The maximum atomic E-state index is 13.2. The van der Waals surface area contributed by atoms with Crippen LogP contribution in [0.5, 0.6) is 0 Å². The van der Waals surface area contributed by atoms with Gasteiger partial charge in [0.05, 0.1) is 16.1 Å². The molecule has 0 saturated heterocycles. The zero-order valence-electron chi connectivity index (χ0n) is 15.1. The van der Waals surface area contributed by atoms with Gasteiger partial charge in [-0.25, -0.2) is 0 Å². The Kier molecular flexibility index (Phi) is 4.77. The number of hydrogen-bond acceptors (Lipinski definition) is 3. The van der Waals surface area contributed by atoms with Crippen LogP contribution in [0.2, 0.25) is 0 Å². The lowest BCUT2D eigenvalue weighted by Crippen LogP contribution is -2.37. The van der Waals surface area contributed by atoms with E-state index in [4.69, 9.17) is 0 Å². The highest BCUT2D eigenvalue weighted by Gasteiger charge is 2.26. The Morgan fingerprint density at radius 2 is 1.70 bits per heavy atom. The van der Waals surface area contributed by atoms with Crippen molar-refractivity contribution in [2.45, 2.75) is 13.0 Å². The van der Waals surface area contributed by atoms with Gasteiger partial charge in [0.1, 0.15) is 0 Å². The molecule has 0 radical (unpaired) electrons. The molecule has 0 fully saturated rings. The molecule has 1 aliphatic rings. The van der Waals surface area contributed by atoms with Gasteiger partial charge in [-0.05, 0) is 41.1 Å². The standard InChI is InChI=1S/C22H20N2O2S/c1-23(22(26)20-11-6-14-27-20)19-10-5-4-9-18(19)21(25)24-13-12-16-7-2-3-8-17(16)15-24/h2-11,14H,12-13,15H2,1H3. The summed E-state index contributed by atoms with van der Waals surface area (Å²) in [6.45, 7) is 1.29. The number of carbonyl (C=O) groups is 2. The summed E-state index contributed by atoms with van der Waals surface area (Å²) in [5.41, 5.74) is 3.70. The van der Waals surface area contributed by atoms with Gasteiger partial charge in [-0.15, -0.1) is 11.3 Å². The first-order valence-electron chi connectivity index (χ1n) is 8.92. The fourth-order valence-corrected chi connectivity index (χ4v) is 4.16. The molecule has 4 nitrogen and oxygen atoms in total. The van der Waals surface area contributed by atoms with E-state index in [9.17, 15) is 9.59 Å². The van der Waals surface area contributed by atoms with Crippen molar-refractivity contribution in [3.8, 4) is 0 Å². The molecule has 3 aromatic rings. The lowest BCUT2D eigenvalue weighted by atomic mass is 9.99. The smallest absolute Gasteiger partial charge is 0.268 e. The van der Waals surface area contributed by atoms with Crippen LogP contribution in [0.3, 0.4) is 0 Å². The van der Waals surface area contributed by atoms with E-state index in [1.54, 1.807) is 24.1 Å². The first-order valence-corrected chi connectivity index (χ1v) is 9.80. The lowest BCUT2D eigenvalue weighted by Gasteiger charge is -2.30. The van der Waals surface area contributed by atoms with Crippen molar-refractivity contribution < 1.29 is 9.59 Å². The van der Waals surface area contributed by atoms with Crippen molar-refractivity contribution in [3.63, 3.8) is 0 Å². The largest absolute Gasteiger partial charge is 0.334 e. The van der Waals surface area contributed by atoms with E-state index >= 15 is 0 Å². The molecule has 0 saturated carbocycles. The molecule has 2 amide bonds. The van der Waals surface area contributed by atoms with Gasteiger partial charge < -0.3 is 9.80 Å². The molecule has 0 aliphatic carbocycles. The van der Waals surface area contributed by atoms with Gasteiger partial charge >= 0.3 is 0 Å². The van der Waals surface area contributed by atoms with Crippen molar-refractivity contribution in [3.05, 3.63) is 87.6 Å². The molecule has 0 atom stereocenters. The average Bonchev–Trinajstić information content (AvgIpc) is 3.26. The summed E-state index contributed by atoms with van der Waals surface area (Å²) in [6.07, 6.45) is 0.855. The maximum Gasteiger partial charge on any atom is 0.268 e. The average molecular weight is 376 g/mol. The molecule has 1 aliphatic heterocycles. The number of nitrogens with zero attached hydrogens (tertiary/aromatic N) is 2. The summed E-state index contributed by atoms with van der Waals surface area (Å²) < 4.78 is 0. The normalized spacial score (nSPS) is 13.1. The van der Waals surface area contributed by atoms with Crippen LogP contribution in [0.25, 0.3) is 0 Å². The second-order valence-electron chi connectivity index (χ2n) is 6.60. The van der Waals surface area contributed by atoms with Crippen LogP contribution in [0.4, 0.5) is 5.69 Å². The fourth-order valence-electron chi connectivity index (χ4n) is 3.46. The summed E-state index contributed by atoms with van der Waals surface area (Å²) in [7, 11) is 1.72.